The van der Waals surface area contributed by atoms with Crippen LogP contribution in [0.2, 0.25) is 0 Å². The quantitative estimate of drug-likeness (QED) is 0.748. The van der Waals surface area contributed by atoms with Gasteiger partial charge in [0.2, 0.25) is 0 Å². The number of nitrogens with zero attached hydrogens (tertiary/aromatic N) is 1. The average Bonchev–Trinajstić information content (AvgIpc) is 2.69. The molecule has 14 heavy (non-hydrogen) atoms. The molecule has 2 rings (SSSR count). The molecule has 2 N–H and O–H groups in total. The highest BCUT2D eigenvalue weighted by molar-refractivity contribution is 4.79. The van der Waals surface area contributed by atoms with E-state index in [0.717, 1.165) is 5.92 Å². The van der Waals surface area contributed by atoms with E-state index in [4.69, 9.17) is 5.73 Å². The molecule has 0 spiro atoms. The van der Waals surface area contributed by atoms with Gasteiger partial charge >= 0.3 is 0 Å². The number of rotatable bonds is 3. The van der Waals surface area contributed by atoms with Crippen molar-refractivity contribution < 1.29 is 0 Å². The smallest absolute Gasteiger partial charge is 0.00676 e. The van der Waals surface area contributed by atoms with E-state index in [9.17, 15) is 0 Å². The van der Waals surface area contributed by atoms with Crippen molar-refractivity contribution in [2.75, 3.05) is 19.6 Å². The maximum Gasteiger partial charge on any atom is 0.00676 e. The van der Waals surface area contributed by atoms with Crippen LogP contribution < -0.4 is 5.73 Å². The van der Waals surface area contributed by atoms with E-state index in [1.165, 1.54) is 64.6 Å². The van der Waals surface area contributed by atoms with Gasteiger partial charge in [0.15, 0.2) is 0 Å². The first-order chi connectivity index (χ1) is 6.86. The van der Waals surface area contributed by atoms with Crippen molar-refractivity contribution in [3.8, 4) is 0 Å². The first-order valence-electron chi connectivity index (χ1n) is 6.34. The van der Waals surface area contributed by atoms with Crippen LogP contribution in [0.25, 0.3) is 0 Å². The van der Waals surface area contributed by atoms with Crippen LogP contribution in [-0.2, 0) is 0 Å². The van der Waals surface area contributed by atoms with Crippen molar-refractivity contribution in [3.05, 3.63) is 0 Å². The molecule has 0 bridgehead atoms. The summed E-state index contributed by atoms with van der Waals surface area (Å²) in [5.74, 6) is 0.823. The zero-order valence-corrected chi connectivity index (χ0v) is 9.25. The van der Waals surface area contributed by atoms with E-state index < -0.39 is 0 Å². The summed E-state index contributed by atoms with van der Waals surface area (Å²) in [6, 6.07) is 0.506. The first-order valence-corrected chi connectivity index (χ1v) is 6.34. The van der Waals surface area contributed by atoms with E-state index in [1.54, 1.807) is 0 Å². The molecule has 2 fully saturated rings. The van der Waals surface area contributed by atoms with Crippen molar-refractivity contribution in [1.82, 2.24) is 4.90 Å². The Morgan fingerprint density at radius 1 is 1.00 bits per heavy atom. The van der Waals surface area contributed by atoms with Crippen molar-refractivity contribution in [2.24, 2.45) is 11.7 Å². The van der Waals surface area contributed by atoms with Gasteiger partial charge in [-0.3, -0.25) is 0 Å². The Labute approximate surface area is 87.8 Å². The average molecular weight is 196 g/mol. The van der Waals surface area contributed by atoms with E-state index in [1.807, 2.05) is 0 Å². The minimum Gasteiger partial charge on any atom is -0.327 e. The predicted octanol–water partition coefficient (Wildman–Crippen LogP) is 1.99. The predicted molar refractivity (Wildman–Crippen MR) is 60.2 cm³/mol. The largest absolute Gasteiger partial charge is 0.327 e. The van der Waals surface area contributed by atoms with Gasteiger partial charge < -0.3 is 10.6 Å². The monoisotopic (exact) mass is 196 g/mol. The normalized spacial score (nSPS) is 34.9. The Bertz CT molecular complexity index is 164. The molecule has 2 atom stereocenters. The van der Waals surface area contributed by atoms with Crippen LogP contribution >= 0.6 is 0 Å². The molecule has 0 aromatic rings. The molecule has 0 aromatic heterocycles. The van der Waals surface area contributed by atoms with Crippen molar-refractivity contribution >= 4 is 0 Å². The lowest BCUT2D eigenvalue weighted by Crippen LogP contribution is -2.35. The lowest BCUT2D eigenvalue weighted by molar-refractivity contribution is 0.242. The number of hydrogen-bond donors (Lipinski definition) is 1. The maximum absolute atomic E-state index is 6.15. The molecule has 2 heteroatoms. The van der Waals surface area contributed by atoms with Crippen molar-refractivity contribution in [1.29, 1.82) is 0 Å². The van der Waals surface area contributed by atoms with E-state index >= 15 is 0 Å². The van der Waals surface area contributed by atoms with E-state index in [2.05, 4.69) is 4.90 Å². The second-order valence-corrected chi connectivity index (χ2v) is 5.05. The van der Waals surface area contributed by atoms with Gasteiger partial charge in [0.1, 0.15) is 0 Å². The molecule has 2 nitrogen and oxygen atoms in total. The second kappa shape index (κ2) is 5.13. The zero-order chi connectivity index (χ0) is 9.80. The molecule has 1 saturated heterocycles. The third kappa shape index (κ3) is 2.71. The van der Waals surface area contributed by atoms with Gasteiger partial charge in [-0.2, -0.15) is 0 Å². The van der Waals surface area contributed by atoms with Gasteiger partial charge in [0.25, 0.3) is 0 Å². The van der Waals surface area contributed by atoms with Crippen molar-refractivity contribution in [3.63, 3.8) is 0 Å². The molecule has 0 radical (unpaired) electrons. The van der Waals surface area contributed by atoms with Gasteiger partial charge in [-0.25, -0.2) is 0 Å². The Hall–Kier alpha value is -0.0800. The summed E-state index contributed by atoms with van der Waals surface area (Å²) < 4.78 is 0. The molecule has 0 amide bonds. The molecule has 0 unspecified atom stereocenters. The summed E-state index contributed by atoms with van der Waals surface area (Å²) in [5.41, 5.74) is 6.15. The first kappa shape index (κ1) is 10.4. The van der Waals surface area contributed by atoms with Crippen LogP contribution in [0.4, 0.5) is 0 Å². The fraction of sp³-hybridized carbons (Fsp3) is 1.00. The second-order valence-electron chi connectivity index (χ2n) is 5.05. The molecule has 2 aliphatic rings. The van der Waals surface area contributed by atoms with Crippen molar-refractivity contribution in [2.45, 2.75) is 51.0 Å². The van der Waals surface area contributed by atoms with Gasteiger partial charge in [-0.1, -0.05) is 12.8 Å². The molecule has 0 aromatic carbocycles. The zero-order valence-electron chi connectivity index (χ0n) is 9.25. The fourth-order valence-corrected chi connectivity index (χ4v) is 2.95. The SMILES string of the molecule is N[C@@H]1CCCC[C@H]1CCN1CCCC1. The lowest BCUT2D eigenvalue weighted by atomic mass is 9.83. The molecular formula is C12H24N2. The van der Waals surface area contributed by atoms with Gasteiger partial charge in [0, 0.05) is 6.04 Å². The molecule has 82 valence electrons. The molecule has 1 aliphatic heterocycles. The van der Waals surface area contributed by atoms with Gasteiger partial charge in [0.05, 0.1) is 0 Å². The van der Waals surface area contributed by atoms with Crippen LogP contribution in [0, 0.1) is 5.92 Å². The Kier molecular flexibility index (Phi) is 3.82. The minimum absolute atomic E-state index is 0.506. The topological polar surface area (TPSA) is 29.3 Å². The summed E-state index contributed by atoms with van der Waals surface area (Å²) in [7, 11) is 0. The highest BCUT2D eigenvalue weighted by Gasteiger charge is 2.22. The molecular weight excluding hydrogens is 172 g/mol. The third-order valence-electron chi connectivity index (χ3n) is 3.98. The highest BCUT2D eigenvalue weighted by Crippen LogP contribution is 2.26. The standard InChI is InChI=1S/C12H24N2/c13-12-6-2-1-5-11(12)7-10-14-8-3-4-9-14/h11-12H,1-10,13H2/t11-,12+/m0/s1. The van der Waals surface area contributed by atoms with E-state index in [0.29, 0.717) is 6.04 Å². The summed E-state index contributed by atoms with van der Waals surface area (Å²) in [5, 5.41) is 0. The molecule has 1 aliphatic carbocycles. The Morgan fingerprint density at radius 2 is 1.71 bits per heavy atom. The Balaban J connectivity index is 1.67. The highest BCUT2D eigenvalue weighted by atomic mass is 15.1. The fourth-order valence-electron chi connectivity index (χ4n) is 2.95. The summed E-state index contributed by atoms with van der Waals surface area (Å²) in [4.78, 5) is 2.61. The molecule has 1 saturated carbocycles. The maximum atomic E-state index is 6.15. The number of nitrogens with two attached hydrogens (primary N) is 1. The summed E-state index contributed by atoms with van der Waals surface area (Å²) in [6.45, 7) is 3.97. The summed E-state index contributed by atoms with van der Waals surface area (Å²) in [6.07, 6.45) is 9.61. The van der Waals surface area contributed by atoms with Crippen LogP contribution in [0.15, 0.2) is 0 Å². The number of hydrogen-bond acceptors (Lipinski definition) is 2. The summed E-state index contributed by atoms with van der Waals surface area (Å²) >= 11 is 0. The van der Waals surface area contributed by atoms with Crippen LogP contribution in [0.1, 0.15) is 44.9 Å². The Morgan fingerprint density at radius 3 is 2.43 bits per heavy atom. The van der Waals surface area contributed by atoms with Crippen LogP contribution in [-0.4, -0.2) is 30.6 Å². The van der Waals surface area contributed by atoms with Crippen LogP contribution in [0.5, 0.6) is 0 Å². The molecule has 1 heterocycles. The number of likely N-dealkylation sites (tertiary alicyclic amines) is 1. The van der Waals surface area contributed by atoms with Gasteiger partial charge in [-0.15, -0.1) is 0 Å². The van der Waals surface area contributed by atoms with Crippen LogP contribution in [0.3, 0.4) is 0 Å². The third-order valence-corrected chi connectivity index (χ3v) is 3.98. The minimum atomic E-state index is 0.506. The lowest BCUT2D eigenvalue weighted by Gasteiger charge is -2.29. The van der Waals surface area contributed by atoms with E-state index in [-0.39, 0.29) is 0 Å². The van der Waals surface area contributed by atoms with Gasteiger partial charge in [-0.05, 0) is 57.7 Å².